The Bertz CT molecular complexity index is 572. The number of nitrogens with zero attached hydrogens (tertiary/aromatic N) is 1. The van der Waals surface area contributed by atoms with E-state index in [0.717, 1.165) is 11.3 Å². The van der Waals surface area contributed by atoms with E-state index < -0.39 is 0 Å². The van der Waals surface area contributed by atoms with Crippen molar-refractivity contribution in [2.24, 2.45) is 0 Å². The van der Waals surface area contributed by atoms with Gasteiger partial charge in [0, 0.05) is 23.1 Å². The molecule has 0 aliphatic heterocycles. The Morgan fingerprint density at radius 1 is 1.11 bits per heavy atom. The number of benzene rings is 2. The fourth-order valence-electron chi connectivity index (χ4n) is 2.07. The lowest BCUT2D eigenvalue weighted by molar-refractivity contribution is 0.625. The van der Waals surface area contributed by atoms with Crippen molar-refractivity contribution in [2.45, 2.75) is 12.8 Å². The van der Waals surface area contributed by atoms with E-state index in [2.05, 4.69) is 0 Å². The third-order valence-corrected chi connectivity index (χ3v) is 3.46. The van der Waals surface area contributed by atoms with Gasteiger partial charge in [-0.2, -0.15) is 0 Å². The van der Waals surface area contributed by atoms with Crippen LogP contribution in [-0.4, -0.2) is 6.54 Å². The number of rotatable bonds is 4. The topological polar surface area (TPSA) is 3.24 Å². The molecule has 4 heteroatoms. The minimum absolute atomic E-state index is 0.250. The molecular formula is C15H14Cl2FN. The standard InChI is InChI=1S/C15H14Cl2FN/c1-2-19(15-6-4-3-5-13(15)18)14-8-7-12(17)9-11(14)10-16/h3-9H,2,10H2,1H3. The lowest BCUT2D eigenvalue weighted by Gasteiger charge is -2.26. The van der Waals surface area contributed by atoms with E-state index in [0.29, 0.717) is 23.1 Å². The number of hydrogen-bond acceptors (Lipinski definition) is 1. The third kappa shape index (κ3) is 3.02. The van der Waals surface area contributed by atoms with Crippen molar-refractivity contribution < 1.29 is 4.39 Å². The second kappa shape index (κ2) is 6.27. The molecule has 0 aliphatic carbocycles. The Kier molecular flexibility index (Phi) is 4.67. The predicted octanol–water partition coefficient (Wildman–Crippen LogP) is 5.38. The first kappa shape index (κ1) is 14.2. The van der Waals surface area contributed by atoms with E-state index in [1.54, 1.807) is 18.2 Å². The Hall–Kier alpha value is -1.25. The third-order valence-electron chi connectivity index (χ3n) is 2.94. The van der Waals surface area contributed by atoms with Crippen LogP contribution >= 0.6 is 23.2 Å². The van der Waals surface area contributed by atoms with E-state index >= 15 is 0 Å². The zero-order valence-electron chi connectivity index (χ0n) is 10.5. The predicted molar refractivity (Wildman–Crippen MR) is 80.1 cm³/mol. The molecule has 0 aromatic heterocycles. The Balaban J connectivity index is 2.51. The van der Waals surface area contributed by atoms with Crippen LogP contribution in [0.5, 0.6) is 0 Å². The van der Waals surface area contributed by atoms with E-state index in [1.165, 1.54) is 6.07 Å². The number of halogens is 3. The minimum Gasteiger partial charge on any atom is -0.339 e. The molecule has 0 unspecified atom stereocenters. The van der Waals surface area contributed by atoms with Gasteiger partial charge in [-0.15, -0.1) is 11.6 Å². The number of anilines is 2. The second-order valence-electron chi connectivity index (χ2n) is 4.10. The summed E-state index contributed by atoms with van der Waals surface area (Å²) in [6.07, 6.45) is 0. The van der Waals surface area contributed by atoms with Crippen LogP contribution in [0, 0.1) is 5.82 Å². The first-order chi connectivity index (χ1) is 9.17. The molecule has 0 saturated heterocycles. The molecule has 0 saturated carbocycles. The summed E-state index contributed by atoms with van der Waals surface area (Å²) in [5.74, 6) is 0.0840. The average molecular weight is 298 g/mol. The van der Waals surface area contributed by atoms with Gasteiger partial charge in [-0.3, -0.25) is 0 Å². The van der Waals surface area contributed by atoms with Gasteiger partial charge in [0.25, 0.3) is 0 Å². The van der Waals surface area contributed by atoms with Gasteiger partial charge in [-0.1, -0.05) is 23.7 Å². The smallest absolute Gasteiger partial charge is 0.146 e. The summed E-state index contributed by atoms with van der Waals surface area (Å²) in [5, 5.41) is 0.629. The molecule has 100 valence electrons. The van der Waals surface area contributed by atoms with Gasteiger partial charge in [-0.25, -0.2) is 4.39 Å². The van der Waals surface area contributed by atoms with E-state index in [4.69, 9.17) is 23.2 Å². The Labute approximate surface area is 122 Å². The van der Waals surface area contributed by atoms with Crippen LogP contribution in [0.3, 0.4) is 0 Å². The van der Waals surface area contributed by atoms with E-state index in [1.807, 2.05) is 30.0 Å². The van der Waals surface area contributed by atoms with Gasteiger partial charge in [0.15, 0.2) is 0 Å². The van der Waals surface area contributed by atoms with Crippen LogP contribution < -0.4 is 4.90 Å². The molecular weight excluding hydrogens is 284 g/mol. The summed E-state index contributed by atoms with van der Waals surface area (Å²) < 4.78 is 13.9. The van der Waals surface area contributed by atoms with Gasteiger partial charge in [0.1, 0.15) is 5.82 Å². The molecule has 2 aromatic rings. The molecule has 0 amide bonds. The highest BCUT2D eigenvalue weighted by Crippen LogP contribution is 2.32. The first-order valence-corrected chi connectivity index (χ1v) is 6.95. The summed E-state index contributed by atoms with van der Waals surface area (Å²) in [6.45, 7) is 2.62. The lowest BCUT2D eigenvalue weighted by Crippen LogP contribution is -2.18. The molecule has 0 N–H and O–H groups in total. The van der Waals surface area contributed by atoms with Crippen LogP contribution in [-0.2, 0) is 5.88 Å². The molecule has 2 rings (SSSR count). The van der Waals surface area contributed by atoms with Gasteiger partial charge >= 0.3 is 0 Å². The van der Waals surface area contributed by atoms with Crippen LogP contribution in [0.1, 0.15) is 12.5 Å². The molecule has 2 aromatic carbocycles. The summed E-state index contributed by atoms with van der Waals surface area (Å²) in [5.41, 5.74) is 2.31. The zero-order valence-corrected chi connectivity index (χ0v) is 12.0. The fourth-order valence-corrected chi connectivity index (χ4v) is 2.47. The summed E-state index contributed by atoms with van der Waals surface area (Å²) >= 11 is 11.9. The summed E-state index contributed by atoms with van der Waals surface area (Å²) in [6, 6.07) is 12.2. The number of alkyl halides is 1. The number of para-hydroxylation sites is 1. The molecule has 19 heavy (non-hydrogen) atoms. The lowest BCUT2D eigenvalue weighted by atomic mass is 10.1. The van der Waals surface area contributed by atoms with E-state index in [-0.39, 0.29) is 5.82 Å². The Morgan fingerprint density at radius 3 is 2.47 bits per heavy atom. The van der Waals surface area contributed by atoms with Gasteiger partial charge in [0.05, 0.1) is 5.69 Å². The summed E-state index contributed by atoms with van der Waals surface area (Å²) in [4.78, 5) is 1.89. The average Bonchev–Trinajstić information content (AvgIpc) is 2.43. The maximum absolute atomic E-state index is 13.9. The van der Waals surface area contributed by atoms with Crippen molar-refractivity contribution in [3.8, 4) is 0 Å². The molecule has 0 aliphatic rings. The van der Waals surface area contributed by atoms with Gasteiger partial charge < -0.3 is 4.90 Å². The molecule has 0 bridgehead atoms. The largest absolute Gasteiger partial charge is 0.339 e. The van der Waals surface area contributed by atoms with Crippen LogP contribution in [0.2, 0.25) is 5.02 Å². The summed E-state index contributed by atoms with van der Waals surface area (Å²) in [7, 11) is 0. The van der Waals surface area contributed by atoms with Crippen molar-refractivity contribution in [1.82, 2.24) is 0 Å². The monoisotopic (exact) mass is 297 g/mol. The fraction of sp³-hybridized carbons (Fsp3) is 0.200. The van der Waals surface area contributed by atoms with Crippen molar-refractivity contribution in [1.29, 1.82) is 0 Å². The molecule has 0 radical (unpaired) electrons. The maximum Gasteiger partial charge on any atom is 0.146 e. The SMILES string of the molecule is CCN(c1ccccc1F)c1ccc(Cl)cc1CCl. The van der Waals surface area contributed by atoms with Crippen molar-refractivity contribution in [3.05, 3.63) is 58.9 Å². The highest BCUT2D eigenvalue weighted by molar-refractivity contribution is 6.30. The Morgan fingerprint density at radius 2 is 1.84 bits per heavy atom. The second-order valence-corrected chi connectivity index (χ2v) is 4.81. The van der Waals surface area contributed by atoms with Crippen molar-refractivity contribution >= 4 is 34.6 Å². The van der Waals surface area contributed by atoms with Crippen molar-refractivity contribution in [3.63, 3.8) is 0 Å². The van der Waals surface area contributed by atoms with Gasteiger partial charge in [-0.05, 0) is 42.8 Å². The van der Waals surface area contributed by atoms with Gasteiger partial charge in [0.2, 0.25) is 0 Å². The normalized spacial score (nSPS) is 10.5. The van der Waals surface area contributed by atoms with E-state index in [9.17, 15) is 4.39 Å². The molecule has 0 spiro atoms. The molecule has 0 fully saturated rings. The minimum atomic E-state index is -0.250. The van der Waals surface area contributed by atoms with Crippen LogP contribution in [0.4, 0.5) is 15.8 Å². The highest BCUT2D eigenvalue weighted by atomic mass is 35.5. The quantitative estimate of drug-likeness (QED) is 0.685. The van der Waals surface area contributed by atoms with Crippen LogP contribution in [0.15, 0.2) is 42.5 Å². The first-order valence-electron chi connectivity index (χ1n) is 6.03. The van der Waals surface area contributed by atoms with Crippen LogP contribution in [0.25, 0.3) is 0 Å². The molecule has 1 nitrogen and oxygen atoms in total. The van der Waals surface area contributed by atoms with Crippen molar-refractivity contribution in [2.75, 3.05) is 11.4 Å². The maximum atomic E-state index is 13.9. The molecule has 0 atom stereocenters. The number of hydrogen-bond donors (Lipinski definition) is 0. The highest BCUT2D eigenvalue weighted by Gasteiger charge is 2.14. The molecule has 0 heterocycles. The zero-order chi connectivity index (χ0) is 13.8.